The van der Waals surface area contributed by atoms with E-state index in [-0.39, 0.29) is 0 Å². The van der Waals surface area contributed by atoms with Crippen molar-refractivity contribution < 1.29 is 4.74 Å². The highest BCUT2D eigenvalue weighted by molar-refractivity contribution is 5.56. The average molecular weight is 269 g/mol. The van der Waals surface area contributed by atoms with Crippen LogP contribution in [0.2, 0.25) is 0 Å². The number of nitrogens with zero attached hydrogens (tertiary/aromatic N) is 2. The van der Waals surface area contributed by atoms with Crippen LogP contribution in [0.15, 0.2) is 42.7 Å². The fraction of sp³-hybridized carbons (Fsp3) is 0.312. The highest BCUT2D eigenvalue weighted by Gasteiger charge is 2.15. The van der Waals surface area contributed by atoms with Gasteiger partial charge in [-0.1, -0.05) is 18.2 Å². The van der Waals surface area contributed by atoms with Crippen LogP contribution >= 0.6 is 0 Å². The Morgan fingerprint density at radius 1 is 1.30 bits per heavy atom. The summed E-state index contributed by atoms with van der Waals surface area (Å²) in [5.41, 5.74) is 3.41. The Balaban J connectivity index is 1.85. The summed E-state index contributed by atoms with van der Waals surface area (Å²) in [4.78, 5) is 6.63. The fourth-order valence-electron chi connectivity index (χ4n) is 2.45. The molecule has 0 bridgehead atoms. The smallest absolute Gasteiger partial charge is 0.124 e. The summed E-state index contributed by atoms with van der Waals surface area (Å²) in [7, 11) is 0. The quantitative estimate of drug-likeness (QED) is 0.929. The topological polar surface area (TPSA) is 37.4 Å². The second-order valence-corrected chi connectivity index (χ2v) is 4.84. The Hall–Kier alpha value is -2.23. The molecule has 1 aromatic carbocycles. The predicted octanol–water partition coefficient (Wildman–Crippen LogP) is 2.91. The number of hydrogen-bond acceptors (Lipinski definition) is 4. The molecule has 3 rings (SSSR count). The van der Waals surface area contributed by atoms with Crippen LogP contribution in [0.3, 0.4) is 0 Å². The molecular formula is C16H19N3O. The molecule has 1 aromatic heterocycles. The van der Waals surface area contributed by atoms with Crippen LogP contribution in [0.4, 0.5) is 11.4 Å². The summed E-state index contributed by atoms with van der Waals surface area (Å²) in [5.74, 6) is 0.991. The van der Waals surface area contributed by atoms with E-state index in [0.717, 1.165) is 36.8 Å². The molecule has 0 saturated carbocycles. The number of ether oxygens (including phenoxy) is 1. The second-order valence-electron chi connectivity index (χ2n) is 4.84. The molecule has 4 heteroatoms. The van der Waals surface area contributed by atoms with Crippen molar-refractivity contribution in [3.05, 3.63) is 48.3 Å². The molecule has 104 valence electrons. The maximum Gasteiger partial charge on any atom is 0.124 e. The molecular weight excluding hydrogens is 250 g/mol. The molecule has 4 nitrogen and oxygen atoms in total. The van der Waals surface area contributed by atoms with Crippen molar-refractivity contribution >= 4 is 11.4 Å². The van der Waals surface area contributed by atoms with E-state index in [2.05, 4.69) is 40.3 Å². The Morgan fingerprint density at radius 2 is 2.20 bits per heavy atom. The van der Waals surface area contributed by atoms with Crippen molar-refractivity contribution in [1.82, 2.24) is 4.98 Å². The summed E-state index contributed by atoms with van der Waals surface area (Å²) in [6, 6.07) is 10.4. The minimum atomic E-state index is 0.697. The Labute approximate surface area is 119 Å². The Kier molecular flexibility index (Phi) is 3.72. The van der Waals surface area contributed by atoms with Gasteiger partial charge in [0.05, 0.1) is 30.3 Å². The molecule has 0 unspecified atom stereocenters. The van der Waals surface area contributed by atoms with E-state index in [9.17, 15) is 0 Å². The summed E-state index contributed by atoms with van der Waals surface area (Å²) in [5, 5.41) is 3.30. The second kappa shape index (κ2) is 5.82. The maximum atomic E-state index is 5.80. The summed E-state index contributed by atoms with van der Waals surface area (Å²) in [6.45, 7) is 5.40. The first-order chi connectivity index (χ1) is 9.86. The van der Waals surface area contributed by atoms with Gasteiger partial charge >= 0.3 is 0 Å². The molecule has 0 amide bonds. The summed E-state index contributed by atoms with van der Waals surface area (Å²) in [6.07, 6.45) is 3.77. The normalized spacial score (nSPS) is 14.2. The van der Waals surface area contributed by atoms with Gasteiger partial charge in [0, 0.05) is 18.7 Å². The van der Waals surface area contributed by atoms with E-state index in [0.29, 0.717) is 6.61 Å². The molecule has 1 aliphatic heterocycles. The average Bonchev–Trinajstić information content (AvgIpc) is 2.70. The molecule has 0 saturated heterocycles. The number of anilines is 2. The van der Waals surface area contributed by atoms with Gasteiger partial charge in [0.2, 0.25) is 0 Å². The van der Waals surface area contributed by atoms with Crippen molar-refractivity contribution in [2.24, 2.45) is 0 Å². The van der Waals surface area contributed by atoms with Crippen LogP contribution in [0.1, 0.15) is 12.5 Å². The summed E-state index contributed by atoms with van der Waals surface area (Å²) < 4.78 is 5.80. The van der Waals surface area contributed by atoms with Crippen LogP contribution in [0, 0.1) is 0 Å². The van der Waals surface area contributed by atoms with E-state index in [1.807, 2.05) is 24.5 Å². The van der Waals surface area contributed by atoms with Gasteiger partial charge in [0.1, 0.15) is 12.4 Å². The van der Waals surface area contributed by atoms with Crippen LogP contribution in [-0.4, -0.2) is 24.7 Å². The van der Waals surface area contributed by atoms with Gasteiger partial charge in [0.25, 0.3) is 0 Å². The zero-order valence-electron chi connectivity index (χ0n) is 11.7. The summed E-state index contributed by atoms with van der Waals surface area (Å²) >= 11 is 0. The molecule has 0 aliphatic carbocycles. The minimum Gasteiger partial charge on any atom is -0.491 e. The van der Waals surface area contributed by atoms with E-state index in [1.54, 1.807) is 0 Å². The van der Waals surface area contributed by atoms with Gasteiger partial charge in [-0.15, -0.1) is 0 Å². The Bertz CT molecular complexity index is 585. The monoisotopic (exact) mass is 269 g/mol. The third-order valence-electron chi connectivity index (χ3n) is 3.42. The SMILES string of the molecule is CCNc1cncc(N2CCOc3ccccc3C2)c1. The van der Waals surface area contributed by atoms with Gasteiger partial charge < -0.3 is 15.0 Å². The van der Waals surface area contributed by atoms with E-state index in [1.165, 1.54) is 5.56 Å². The van der Waals surface area contributed by atoms with Crippen molar-refractivity contribution in [3.63, 3.8) is 0 Å². The third kappa shape index (κ3) is 2.69. The first kappa shape index (κ1) is 12.8. The lowest BCUT2D eigenvalue weighted by Crippen LogP contribution is -2.25. The zero-order chi connectivity index (χ0) is 13.8. The van der Waals surface area contributed by atoms with Crippen molar-refractivity contribution in [3.8, 4) is 5.75 Å². The number of fused-ring (bicyclic) bond motifs is 1. The minimum absolute atomic E-state index is 0.697. The molecule has 0 spiro atoms. The fourth-order valence-corrected chi connectivity index (χ4v) is 2.45. The van der Waals surface area contributed by atoms with Crippen molar-refractivity contribution in [1.29, 1.82) is 0 Å². The maximum absolute atomic E-state index is 5.80. The van der Waals surface area contributed by atoms with E-state index in [4.69, 9.17) is 4.74 Å². The van der Waals surface area contributed by atoms with E-state index < -0.39 is 0 Å². The largest absolute Gasteiger partial charge is 0.491 e. The molecule has 0 fully saturated rings. The van der Waals surface area contributed by atoms with Crippen LogP contribution in [0.5, 0.6) is 5.75 Å². The van der Waals surface area contributed by atoms with Gasteiger partial charge in [-0.2, -0.15) is 0 Å². The lowest BCUT2D eigenvalue weighted by atomic mass is 10.2. The van der Waals surface area contributed by atoms with Crippen LogP contribution in [-0.2, 0) is 6.54 Å². The van der Waals surface area contributed by atoms with Crippen molar-refractivity contribution in [2.45, 2.75) is 13.5 Å². The number of aromatic nitrogens is 1. The number of benzene rings is 1. The number of hydrogen-bond donors (Lipinski definition) is 1. The first-order valence-corrected chi connectivity index (χ1v) is 7.01. The van der Waals surface area contributed by atoms with Gasteiger partial charge in [0.15, 0.2) is 0 Å². The predicted molar refractivity (Wildman–Crippen MR) is 81.4 cm³/mol. The van der Waals surface area contributed by atoms with Gasteiger partial charge in [-0.25, -0.2) is 0 Å². The number of rotatable bonds is 3. The highest BCUT2D eigenvalue weighted by atomic mass is 16.5. The lowest BCUT2D eigenvalue weighted by molar-refractivity contribution is 0.331. The van der Waals surface area contributed by atoms with Crippen LogP contribution < -0.4 is 15.0 Å². The lowest BCUT2D eigenvalue weighted by Gasteiger charge is -2.22. The molecule has 20 heavy (non-hydrogen) atoms. The zero-order valence-corrected chi connectivity index (χ0v) is 11.7. The number of pyridine rings is 1. The molecule has 0 atom stereocenters. The van der Waals surface area contributed by atoms with Gasteiger partial charge in [-0.3, -0.25) is 4.98 Å². The molecule has 1 aliphatic rings. The van der Waals surface area contributed by atoms with Crippen molar-refractivity contribution in [2.75, 3.05) is 29.9 Å². The molecule has 0 radical (unpaired) electrons. The Morgan fingerprint density at radius 3 is 3.10 bits per heavy atom. The molecule has 2 heterocycles. The molecule has 1 N–H and O–H groups in total. The number of para-hydroxylation sites is 1. The van der Waals surface area contributed by atoms with E-state index >= 15 is 0 Å². The highest BCUT2D eigenvalue weighted by Crippen LogP contribution is 2.26. The first-order valence-electron chi connectivity index (χ1n) is 7.01. The molecule has 2 aromatic rings. The van der Waals surface area contributed by atoms with Crippen LogP contribution in [0.25, 0.3) is 0 Å². The standard InChI is InChI=1S/C16H19N3O/c1-2-18-14-9-15(11-17-10-14)19-7-8-20-16-6-4-3-5-13(16)12-19/h3-6,9-11,18H,2,7-8,12H2,1H3. The van der Waals surface area contributed by atoms with Gasteiger partial charge in [-0.05, 0) is 19.1 Å². The third-order valence-corrected chi connectivity index (χ3v) is 3.42. The number of nitrogens with one attached hydrogen (secondary N) is 1.